The first kappa shape index (κ1) is 8.55. The second kappa shape index (κ2) is 3.78. The summed E-state index contributed by atoms with van der Waals surface area (Å²) in [4.78, 5) is 0. The van der Waals surface area contributed by atoms with Crippen LogP contribution in [-0.4, -0.2) is 12.6 Å². The largest absolute Gasteiger partial charge is 0.314 e. The molecule has 0 aromatic carbocycles. The van der Waals surface area contributed by atoms with E-state index in [1.54, 1.807) is 0 Å². The van der Waals surface area contributed by atoms with E-state index in [4.69, 9.17) is 0 Å². The van der Waals surface area contributed by atoms with Crippen LogP contribution in [-0.2, 0) is 0 Å². The highest BCUT2D eigenvalue weighted by Crippen LogP contribution is 2.41. The average Bonchev–Trinajstić information content (AvgIpc) is 2.34. The predicted molar refractivity (Wildman–Crippen MR) is 52.1 cm³/mol. The maximum absolute atomic E-state index is 3.58. The summed E-state index contributed by atoms with van der Waals surface area (Å²) in [5, 5.41) is 3.58. The Bertz CT molecular complexity index is 140. The Morgan fingerprint density at radius 1 is 1.08 bits per heavy atom. The van der Waals surface area contributed by atoms with Gasteiger partial charge in [-0.05, 0) is 37.6 Å². The van der Waals surface area contributed by atoms with Crippen molar-refractivity contribution in [2.45, 2.75) is 51.5 Å². The predicted octanol–water partition coefficient (Wildman–Crippen LogP) is 2.56. The van der Waals surface area contributed by atoms with E-state index in [9.17, 15) is 0 Å². The fraction of sp³-hybridized carbons (Fsp3) is 1.00. The molecule has 0 spiro atoms. The first-order valence-corrected chi connectivity index (χ1v) is 5.63. The minimum absolute atomic E-state index is 0.862. The van der Waals surface area contributed by atoms with Gasteiger partial charge < -0.3 is 5.32 Å². The second-order valence-electron chi connectivity index (χ2n) is 4.52. The smallest absolute Gasteiger partial charge is 0.00697 e. The summed E-state index contributed by atoms with van der Waals surface area (Å²) >= 11 is 0. The molecule has 0 saturated heterocycles. The minimum atomic E-state index is 0.862. The number of hydrogen-bond donors (Lipinski definition) is 1. The fourth-order valence-corrected chi connectivity index (χ4v) is 2.83. The zero-order chi connectivity index (χ0) is 8.39. The number of nitrogens with one attached hydrogen (secondary N) is 1. The van der Waals surface area contributed by atoms with E-state index in [1.165, 1.54) is 38.5 Å². The van der Waals surface area contributed by atoms with Crippen molar-refractivity contribution in [1.29, 1.82) is 0 Å². The van der Waals surface area contributed by atoms with Crippen molar-refractivity contribution in [2.75, 3.05) is 6.54 Å². The molecule has 1 heteroatoms. The van der Waals surface area contributed by atoms with Gasteiger partial charge in [0.15, 0.2) is 0 Å². The molecule has 0 aromatic rings. The molecule has 1 nitrogen and oxygen atoms in total. The summed E-state index contributed by atoms with van der Waals surface area (Å²) in [6.45, 7) is 3.37. The second-order valence-corrected chi connectivity index (χ2v) is 4.52. The summed E-state index contributed by atoms with van der Waals surface area (Å²) in [6, 6.07) is 0.862. The van der Waals surface area contributed by atoms with Crippen LogP contribution in [0.2, 0.25) is 0 Å². The normalized spacial score (nSPS) is 36.8. The molecule has 2 aliphatic rings. The summed E-state index contributed by atoms with van der Waals surface area (Å²) in [5.41, 5.74) is 0. The third-order valence-electron chi connectivity index (χ3n) is 3.78. The molecule has 2 atom stereocenters. The molecule has 12 heavy (non-hydrogen) atoms. The highest BCUT2D eigenvalue weighted by atomic mass is 14.9. The zero-order valence-corrected chi connectivity index (χ0v) is 8.18. The third-order valence-corrected chi connectivity index (χ3v) is 3.78. The van der Waals surface area contributed by atoms with Gasteiger partial charge in [0.2, 0.25) is 0 Å². The molecular formula is C11H21N. The van der Waals surface area contributed by atoms with E-state index in [-0.39, 0.29) is 0 Å². The maximum Gasteiger partial charge on any atom is 0.00697 e. The molecule has 0 amide bonds. The molecule has 0 aliphatic heterocycles. The molecule has 0 bridgehead atoms. The Hall–Kier alpha value is -0.0400. The molecule has 2 saturated carbocycles. The van der Waals surface area contributed by atoms with Gasteiger partial charge in [0.05, 0.1) is 0 Å². The van der Waals surface area contributed by atoms with Crippen LogP contribution >= 0.6 is 0 Å². The minimum Gasteiger partial charge on any atom is -0.314 e. The Kier molecular flexibility index (Phi) is 2.69. The average molecular weight is 167 g/mol. The molecule has 2 fully saturated rings. The molecular weight excluding hydrogens is 146 g/mol. The van der Waals surface area contributed by atoms with Gasteiger partial charge in [0.25, 0.3) is 0 Å². The van der Waals surface area contributed by atoms with Crippen LogP contribution in [0.5, 0.6) is 0 Å². The summed E-state index contributed by atoms with van der Waals surface area (Å²) in [7, 11) is 0. The van der Waals surface area contributed by atoms with Crippen LogP contribution in [0.4, 0.5) is 0 Å². The molecule has 2 aliphatic carbocycles. The lowest BCUT2D eigenvalue weighted by Crippen LogP contribution is -2.27. The standard InChI is InChI=1S/C11H21N/c1-2-12-11-7-6-10(8-11)9-4-3-5-9/h9-12H,2-8H2,1H3. The van der Waals surface area contributed by atoms with Crippen LogP contribution in [0.15, 0.2) is 0 Å². The Balaban J connectivity index is 1.73. The van der Waals surface area contributed by atoms with Gasteiger partial charge in [-0.2, -0.15) is 0 Å². The summed E-state index contributed by atoms with van der Waals surface area (Å²) < 4.78 is 0. The summed E-state index contributed by atoms with van der Waals surface area (Å²) in [5.74, 6) is 2.21. The zero-order valence-electron chi connectivity index (χ0n) is 8.18. The Morgan fingerprint density at radius 3 is 2.50 bits per heavy atom. The van der Waals surface area contributed by atoms with Crippen LogP contribution in [0.1, 0.15) is 45.4 Å². The van der Waals surface area contributed by atoms with Crippen LogP contribution in [0.25, 0.3) is 0 Å². The lowest BCUT2D eigenvalue weighted by molar-refractivity contribution is 0.206. The van der Waals surface area contributed by atoms with Crippen molar-refractivity contribution in [1.82, 2.24) is 5.32 Å². The van der Waals surface area contributed by atoms with Crippen molar-refractivity contribution in [3.63, 3.8) is 0 Å². The Labute approximate surface area is 75.9 Å². The van der Waals surface area contributed by atoms with E-state index in [1.807, 2.05) is 0 Å². The van der Waals surface area contributed by atoms with Gasteiger partial charge in [-0.15, -0.1) is 0 Å². The summed E-state index contributed by atoms with van der Waals surface area (Å²) in [6.07, 6.45) is 8.98. The lowest BCUT2D eigenvalue weighted by atomic mass is 9.75. The first-order chi connectivity index (χ1) is 5.90. The molecule has 0 heterocycles. The molecule has 2 rings (SSSR count). The highest BCUT2D eigenvalue weighted by Gasteiger charge is 2.33. The maximum atomic E-state index is 3.58. The highest BCUT2D eigenvalue weighted by molar-refractivity contribution is 4.87. The lowest BCUT2D eigenvalue weighted by Gasteiger charge is -2.31. The van der Waals surface area contributed by atoms with E-state index in [0.29, 0.717) is 0 Å². The monoisotopic (exact) mass is 167 g/mol. The molecule has 2 unspecified atom stereocenters. The number of rotatable bonds is 3. The molecule has 1 N–H and O–H groups in total. The van der Waals surface area contributed by atoms with E-state index < -0.39 is 0 Å². The van der Waals surface area contributed by atoms with E-state index >= 15 is 0 Å². The van der Waals surface area contributed by atoms with E-state index in [2.05, 4.69) is 12.2 Å². The van der Waals surface area contributed by atoms with Crippen LogP contribution in [0.3, 0.4) is 0 Å². The SMILES string of the molecule is CCNC1CCC(C2CCC2)C1. The van der Waals surface area contributed by atoms with Crippen molar-refractivity contribution >= 4 is 0 Å². The van der Waals surface area contributed by atoms with Crippen molar-refractivity contribution in [2.24, 2.45) is 11.8 Å². The molecule has 70 valence electrons. The van der Waals surface area contributed by atoms with E-state index in [0.717, 1.165) is 24.4 Å². The van der Waals surface area contributed by atoms with Gasteiger partial charge in [0.1, 0.15) is 0 Å². The van der Waals surface area contributed by atoms with Gasteiger partial charge in [0, 0.05) is 6.04 Å². The Morgan fingerprint density at radius 2 is 1.92 bits per heavy atom. The molecule has 0 aromatic heterocycles. The van der Waals surface area contributed by atoms with Gasteiger partial charge in [-0.3, -0.25) is 0 Å². The molecule has 0 radical (unpaired) electrons. The van der Waals surface area contributed by atoms with Crippen LogP contribution < -0.4 is 5.32 Å². The van der Waals surface area contributed by atoms with Crippen molar-refractivity contribution in [3.8, 4) is 0 Å². The third kappa shape index (κ3) is 1.66. The van der Waals surface area contributed by atoms with Gasteiger partial charge in [-0.25, -0.2) is 0 Å². The van der Waals surface area contributed by atoms with Crippen molar-refractivity contribution in [3.05, 3.63) is 0 Å². The first-order valence-electron chi connectivity index (χ1n) is 5.63. The van der Waals surface area contributed by atoms with Crippen LogP contribution in [0, 0.1) is 11.8 Å². The fourth-order valence-electron chi connectivity index (χ4n) is 2.83. The number of hydrogen-bond acceptors (Lipinski definition) is 1. The topological polar surface area (TPSA) is 12.0 Å². The quantitative estimate of drug-likeness (QED) is 0.681. The van der Waals surface area contributed by atoms with Gasteiger partial charge >= 0.3 is 0 Å². The van der Waals surface area contributed by atoms with Crippen molar-refractivity contribution < 1.29 is 0 Å². The van der Waals surface area contributed by atoms with Gasteiger partial charge in [-0.1, -0.05) is 26.2 Å².